The zero-order valence-corrected chi connectivity index (χ0v) is 10.6. The van der Waals surface area contributed by atoms with Crippen LogP contribution in [0.25, 0.3) is 0 Å². The first-order valence-electron chi connectivity index (χ1n) is 6.52. The van der Waals surface area contributed by atoms with Gasteiger partial charge in [-0.05, 0) is 18.1 Å². The molecular weight excluding hydrogens is 236 g/mol. The summed E-state index contributed by atoms with van der Waals surface area (Å²) in [6, 6.07) is 17.9. The van der Waals surface area contributed by atoms with Gasteiger partial charge in [-0.25, -0.2) is 0 Å². The van der Waals surface area contributed by atoms with Gasteiger partial charge in [-0.2, -0.15) is 0 Å². The van der Waals surface area contributed by atoms with Crippen molar-refractivity contribution in [2.45, 2.75) is 12.5 Å². The predicted octanol–water partition coefficient (Wildman–Crippen LogP) is 2.51. The Bertz CT molecular complexity index is 580. The second-order valence-electron chi connectivity index (χ2n) is 4.70. The average Bonchev–Trinajstić information content (AvgIpc) is 2.76. The molecule has 2 N–H and O–H groups in total. The van der Waals surface area contributed by atoms with Gasteiger partial charge in [0.2, 0.25) is 5.91 Å². The molecule has 1 aliphatic rings. The van der Waals surface area contributed by atoms with Crippen molar-refractivity contribution in [2.75, 3.05) is 11.9 Å². The molecule has 2 aromatic carbocycles. The van der Waals surface area contributed by atoms with Crippen molar-refractivity contribution in [3.05, 3.63) is 65.7 Å². The largest absolute Gasteiger partial charge is 0.324 e. The Kier molecular flexibility index (Phi) is 3.29. The molecule has 19 heavy (non-hydrogen) atoms. The number of carbonyl (C=O) groups is 1. The summed E-state index contributed by atoms with van der Waals surface area (Å²) in [5.41, 5.74) is 3.24. The van der Waals surface area contributed by atoms with Crippen molar-refractivity contribution in [2.24, 2.45) is 0 Å². The van der Waals surface area contributed by atoms with E-state index >= 15 is 0 Å². The average molecular weight is 252 g/mol. The molecule has 1 aliphatic heterocycles. The second kappa shape index (κ2) is 5.24. The van der Waals surface area contributed by atoms with Gasteiger partial charge >= 0.3 is 0 Å². The lowest BCUT2D eigenvalue weighted by Crippen LogP contribution is -2.29. The minimum absolute atomic E-state index is 0.0364. The number of benzene rings is 2. The van der Waals surface area contributed by atoms with Crippen LogP contribution in [-0.4, -0.2) is 12.5 Å². The minimum Gasteiger partial charge on any atom is -0.324 e. The number of carbonyl (C=O) groups excluding carboxylic acids is 1. The van der Waals surface area contributed by atoms with E-state index in [1.54, 1.807) is 0 Å². The Morgan fingerprint density at radius 2 is 1.74 bits per heavy atom. The van der Waals surface area contributed by atoms with Gasteiger partial charge in [-0.15, -0.1) is 0 Å². The highest BCUT2D eigenvalue weighted by Crippen LogP contribution is 2.29. The maximum absolute atomic E-state index is 11.9. The molecule has 3 heteroatoms. The highest BCUT2D eigenvalue weighted by Gasteiger charge is 2.29. The highest BCUT2D eigenvalue weighted by molar-refractivity contribution is 6.02. The molecule has 0 saturated carbocycles. The monoisotopic (exact) mass is 252 g/mol. The summed E-state index contributed by atoms with van der Waals surface area (Å²) in [6.07, 6.45) is 0.923. The van der Waals surface area contributed by atoms with E-state index in [9.17, 15) is 4.79 Å². The molecule has 1 heterocycles. The Labute approximate surface area is 112 Å². The predicted molar refractivity (Wildman–Crippen MR) is 76.0 cm³/mol. The number of hydrogen-bond donors (Lipinski definition) is 2. The maximum atomic E-state index is 11.9. The van der Waals surface area contributed by atoms with Crippen LogP contribution < -0.4 is 10.6 Å². The lowest BCUT2D eigenvalue weighted by atomic mass is 10.1. The van der Waals surface area contributed by atoms with Crippen LogP contribution in [-0.2, 0) is 11.2 Å². The van der Waals surface area contributed by atoms with Gasteiger partial charge in [0.15, 0.2) is 0 Å². The normalized spacial score (nSPS) is 17.1. The van der Waals surface area contributed by atoms with Gasteiger partial charge in [-0.1, -0.05) is 48.5 Å². The van der Waals surface area contributed by atoms with Crippen LogP contribution in [0.5, 0.6) is 0 Å². The van der Waals surface area contributed by atoms with Crippen molar-refractivity contribution in [1.29, 1.82) is 0 Å². The van der Waals surface area contributed by atoms with Crippen LogP contribution in [0.4, 0.5) is 5.69 Å². The van der Waals surface area contributed by atoms with Crippen LogP contribution in [0.2, 0.25) is 0 Å². The first-order chi connectivity index (χ1) is 9.34. The SMILES string of the molecule is O=C1Nc2ccccc2C1NCCc1ccccc1. The van der Waals surface area contributed by atoms with Crippen LogP contribution in [0.3, 0.4) is 0 Å². The van der Waals surface area contributed by atoms with E-state index in [-0.39, 0.29) is 11.9 Å². The quantitative estimate of drug-likeness (QED) is 0.878. The fraction of sp³-hybridized carbons (Fsp3) is 0.188. The third kappa shape index (κ3) is 2.51. The zero-order valence-electron chi connectivity index (χ0n) is 10.6. The number of fused-ring (bicyclic) bond motifs is 1. The summed E-state index contributed by atoms with van der Waals surface area (Å²) in [4.78, 5) is 11.9. The molecule has 0 aliphatic carbocycles. The van der Waals surface area contributed by atoms with Crippen molar-refractivity contribution in [1.82, 2.24) is 5.32 Å². The minimum atomic E-state index is -0.222. The molecule has 0 bridgehead atoms. The topological polar surface area (TPSA) is 41.1 Å². The number of hydrogen-bond acceptors (Lipinski definition) is 2. The van der Waals surface area contributed by atoms with E-state index < -0.39 is 0 Å². The van der Waals surface area contributed by atoms with Gasteiger partial charge in [0.25, 0.3) is 0 Å². The van der Waals surface area contributed by atoms with Gasteiger partial charge in [-0.3, -0.25) is 4.79 Å². The summed E-state index contributed by atoms with van der Waals surface area (Å²) in [5.74, 6) is 0.0364. The Morgan fingerprint density at radius 3 is 2.58 bits per heavy atom. The molecule has 96 valence electrons. The smallest absolute Gasteiger partial charge is 0.246 e. The molecule has 0 spiro atoms. The maximum Gasteiger partial charge on any atom is 0.246 e. The van der Waals surface area contributed by atoms with Crippen LogP contribution in [0.15, 0.2) is 54.6 Å². The van der Waals surface area contributed by atoms with Crippen molar-refractivity contribution >= 4 is 11.6 Å². The first kappa shape index (κ1) is 11.9. The molecular formula is C16H16N2O. The third-order valence-corrected chi connectivity index (χ3v) is 3.40. The van der Waals surface area contributed by atoms with Gasteiger partial charge in [0, 0.05) is 17.8 Å². The molecule has 3 rings (SSSR count). The van der Waals surface area contributed by atoms with E-state index in [0.29, 0.717) is 0 Å². The number of rotatable bonds is 4. The number of anilines is 1. The molecule has 0 radical (unpaired) electrons. The van der Waals surface area contributed by atoms with Crippen molar-refractivity contribution in [3.63, 3.8) is 0 Å². The standard InChI is InChI=1S/C16H16N2O/c19-16-15(13-8-4-5-9-14(13)18-16)17-11-10-12-6-2-1-3-7-12/h1-9,15,17H,10-11H2,(H,18,19). The molecule has 0 fully saturated rings. The van der Waals surface area contributed by atoms with Gasteiger partial charge < -0.3 is 10.6 Å². The Morgan fingerprint density at radius 1 is 1.00 bits per heavy atom. The van der Waals surface area contributed by atoms with E-state index in [4.69, 9.17) is 0 Å². The molecule has 1 unspecified atom stereocenters. The van der Waals surface area contributed by atoms with Crippen LogP contribution in [0.1, 0.15) is 17.2 Å². The van der Waals surface area contributed by atoms with Crippen LogP contribution >= 0.6 is 0 Å². The summed E-state index contributed by atoms with van der Waals surface area (Å²) >= 11 is 0. The summed E-state index contributed by atoms with van der Waals surface area (Å²) in [5, 5.41) is 6.22. The summed E-state index contributed by atoms with van der Waals surface area (Å²) in [6.45, 7) is 0.788. The molecule has 1 atom stereocenters. The van der Waals surface area contributed by atoms with E-state index in [1.807, 2.05) is 42.5 Å². The van der Waals surface area contributed by atoms with Crippen molar-refractivity contribution < 1.29 is 4.79 Å². The second-order valence-corrected chi connectivity index (χ2v) is 4.70. The summed E-state index contributed by atoms with van der Waals surface area (Å²) < 4.78 is 0. The fourth-order valence-electron chi connectivity index (χ4n) is 2.42. The third-order valence-electron chi connectivity index (χ3n) is 3.40. The molecule has 0 aromatic heterocycles. The molecule has 2 aromatic rings. The highest BCUT2D eigenvalue weighted by atomic mass is 16.2. The molecule has 1 amide bonds. The zero-order chi connectivity index (χ0) is 13.1. The van der Waals surface area contributed by atoms with E-state index in [1.165, 1.54) is 5.56 Å². The van der Waals surface area contributed by atoms with Gasteiger partial charge in [0.05, 0.1) is 0 Å². The Hall–Kier alpha value is -2.13. The first-order valence-corrected chi connectivity index (χ1v) is 6.52. The lowest BCUT2D eigenvalue weighted by Gasteiger charge is -2.11. The number of amides is 1. The molecule has 0 saturated heterocycles. The van der Waals surface area contributed by atoms with Crippen LogP contribution in [0, 0.1) is 0 Å². The fourth-order valence-corrected chi connectivity index (χ4v) is 2.42. The van der Waals surface area contributed by atoms with Crippen molar-refractivity contribution in [3.8, 4) is 0 Å². The summed E-state index contributed by atoms with van der Waals surface area (Å²) in [7, 11) is 0. The van der Waals surface area contributed by atoms with E-state index in [0.717, 1.165) is 24.2 Å². The van der Waals surface area contributed by atoms with E-state index in [2.05, 4.69) is 22.8 Å². The number of para-hydroxylation sites is 1. The molecule has 3 nitrogen and oxygen atoms in total. The number of nitrogens with one attached hydrogen (secondary N) is 2. The van der Waals surface area contributed by atoms with Gasteiger partial charge in [0.1, 0.15) is 6.04 Å². The lowest BCUT2D eigenvalue weighted by molar-refractivity contribution is -0.117. The Balaban J connectivity index is 1.63.